The summed E-state index contributed by atoms with van der Waals surface area (Å²) in [5, 5.41) is 18.6. The van der Waals surface area contributed by atoms with Crippen molar-refractivity contribution in [2.75, 3.05) is 38.5 Å². The summed E-state index contributed by atoms with van der Waals surface area (Å²) < 4.78 is 29.9. The van der Waals surface area contributed by atoms with Crippen LogP contribution in [0.4, 0.5) is 0 Å². The van der Waals surface area contributed by atoms with Crippen molar-refractivity contribution in [3.05, 3.63) is 33.7 Å². The zero-order valence-corrected chi connectivity index (χ0v) is 20.0. The van der Waals surface area contributed by atoms with Crippen LogP contribution in [0.1, 0.15) is 11.8 Å². The van der Waals surface area contributed by atoms with Gasteiger partial charge in [-0.2, -0.15) is 0 Å². The van der Waals surface area contributed by atoms with Crippen LogP contribution in [0.2, 0.25) is 0 Å². The topological polar surface area (TPSA) is 171 Å². The number of hydrogen-bond acceptors (Lipinski definition) is 10. The van der Waals surface area contributed by atoms with Crippen LogP contribution in [0.25, 0.3) is 0 Å². The summed E-state index contributed by atoms with van der Waals surface area (Å²) in [5.74, 6) is -4.30. The van der Waals surface area contributed by atoms with E-state index in [4.69, 9.17) is 4.74 Å². The third kappa shape index (κ3) is 6.00. The molecule has 12 nitrogen and oxygen atoms in total. The van der Waals surface area contributed by atoms with E-state index in [0.29, 0.717) is 4.90 Å². The standard InChI is InChI=1S/C16H16N2O8S2.C4H10N2/c1-8(19)26-6-9-7-28(24,25)15-12(14(21)18(15)13(9)16(22)23)17-11(20)5-10-3-2-4-27-10;1-2-6-4-3-5-1/h2-4,12,15H,5-7H2,1H3,(H,17,20)(H,22,23);5-6H,1-4H2/t12-,15+;/m1./s1. The molecular weight excluding hydrogens is 488 g/mol. The molecule has 0 unspecified atom stereocenters. The number of nitrogens with one attached hydrogen (secondary N) is 3. The van der Waals surface area contributed by atoms with E-state index in [1.807, 2.05) is 0 Å². The highest BCUT2D eigenvalue weighted by Crippen LogP contribution is 2.36. The van der Waals surface area contributed by atoms with Crippen LogP contribution in [0, 0.1) is 0 Å². The molecule has 0 spiro atoms. The second kappa shape index (κ2) is 11.1. The Morgan fingerprint density at radius 1 is 1.24 bits per heavy atom. The summed E-state index contributed by atoms with van der Waals surface area (Å²) in [6.45, 7) is 5.09. The van der Waals surface area contributed by atoms with Crippen LogP contribution in [0.3, 0.4) is 0 Å². The fraction of sp³-hybridized carbons (Fsp3) is 0.500. The van der Waals surface area contributed by atoms with Crippen LogP contribution in [0.5, 0.6) is 0 Å². The first-order valence-corrected chi connectivity index (χ1v) is 13.1. The maximum Gasteiger partial charge on any atom is 0.352 e. The number of thiophene rings is 1. The van der Waals surface area contributed by atoms with E-state index in [1.165, 1.54) is 11.3 Å². The maximum atomic E-state index is 12.6. The third-order valence-corrected chi connectivity index (χ3v) is 8.05. The molecule has 0 aliphatic carbocycles. The number of piperazine rings is 1. The number of sulfone groups is 1. The highest BCUT2D eigenvalue weighted by molar-refractivity contribution is 7.92. The van der Waals surface area contributed by atoms with Crippen LogP contribution in [-0.4, -0.2) is 92.1 Å². The number of hydrogen-bond donors (Lipinski definition) is 4. The monoisotopic (exact) mass is 514 g/mol. The Labute approximate surface area is 200 Å². The van der Waals surface area contributed by atoms with E-state index in [1.54, 1.807) is 17.5 Å². The lowest BCUT2D eigenvalue weighted by Gasteiger charge is -2.48. The number of carboxylic acids is 1. The number of amides is 2. The summed E-state index contributed by atoms with van der Waals surface area (Å²) in [6.07, 6.45) is -0.0203. The minimum Gasteiger partial charge on any atom is -0.477 e. The Bertz CT molecular complexity index is 1070. The zero-order chi connectivity index (χ0) is 24.9. The molecule has 3 aliphatic rings. The van der Waals surface area contributed by atoms with Crippen molar-refractivity contribution in [1.29, 1.82) is 0 Å². The quantitative estimate of drug-likeness (QED) is 0.257. The molecule has 3 aliphatic heterocycles. The van der Waals surface area contributed by atoms with Gasteiger partial charge < -0.3 is 25.8 Å². The van der Waals surface area contributed by atoms with Crippen LogP contribution >= 0.6 is 11.3 Å². The molecule has 4 heterocycles. The summed E-state index contributed by atoms with van der Waals surface area (Å²) in [7, 11) is -4.00. The number of β-lactam (4-membered cyclic amide) rings is 1. The summed E-state index contributed by atoms with van der Waals surface area (Å²) in [6, 6.07) is 2.12. The van der Waals surface area contributed by atoms with Crippen molar-refractivity contribution in [2.24, 2.45) is 0 Å². The molecule has 14 heteroatoms. The lowest BCUT2D eigenvalue weighted by atomic mass is 10.0. The second-order valence-electron chi connectivity index (χ2n) is 7.74. The Morgan fingerprint density at radius 3 is 2.38 bits per heavy atom. The number of nitrogens with zero attached hydrogens (tertiary/aromatic N) is 1. The first-order chi connectivity index (χ1) is 16.1. The summed E-state index contributed by atoms with van der Waals surface area (Å²) >= 11 is 1.34. The fourth-order valence-electron chi connectivity index (χ4n) is 3.72. The summed E-state index contributed by atoms with van der Waals surface area (Å²) in [5.41, 5.74) is -0.731. The van der Waals surface area contributed by atoms with Crippen molar-refractivity contribution < 1.29 is 37.4 Å². The summed E-state index contributed by atoms with van der Waals surface area (Å²) in [4.78, 5) is 48.6. The van der Waals surface area contributed by atoms with E-state index in [-0.39, 0.29) is 12.0 Å². The first-order valence-electron chi connectivity index (χ1n) is 10.5. The normalized spacial score (nSPS) is 23.1. The van der Waals surface area contributed by atoms with Gasteiger partial charge in [-0.15, -0.1) is 11.3 Å². The van der Waals surface area contributed by atoms with Gasteiger partial charge in [0.2, 0.25) is 5.91 Å². The van der Waals surface area contributed by atoms with Gasteiger partial charge >= 0.3 is 11.9 Å². The van der Waals surface area contributed by atoms with Gasteiger partial charge in [0.15, 0.2) is 15.2 Å². The van der Waals surface area contributed by atoms with Crippen LogP contribution in [-0.2, 0) is 40.2 Å². The molecule has 1 aromatic rings. The lowest BCUT2D eigenvalue weighted by molar-refractivity contribution is -0.151. The fourth-order valence-corrected chi connectivity index (χ4v) is 6.43. The zero-order valence-electron chi connectivity index (χ0n) is 18.4. The number of fused-ring (bicyclic) bond motifs is 1. The van der Waals surface area contributed by atoms with E-state index in [9.17, 15) is 32.7 Å². The van der Waals surface area contributed by atoms with E-state index in [2.05, 4.69) is 16.0 Å². The van der Waals surface area contributed by atoms with Crippen molar-refractivity contribution in [1.82, 2.24) is 20.9 Å². The minimum absolute atomic E-state index is 0.0203. The Balaban J connectivity index is 0.000000469. The van der Waals surface area contributed by atoms with Gasteiger partial charge in [0.05, 0.1) is 12.2 Å². The van der Waals surface area contributed by atoms with E-state index >= 15 is 0 Å². The Hall–Kier alpha value is -2.81. The lowest BCUT2D eigenvalue weighted by Crippen LogP contribution is -2.75. The van der Waals surface area contributed by atoms with Gasteiger partial charge in [0.25, 0.3) is 5.91 Å². The third-order valence-electron chi connectivity index (χ3n) is 5.20. The number of carbonyl (C=O) groups excluding carboxylic acids is 3. The molecule has 0 aromatic carbocycles. The average Bonchev–Trinajstić information content (AvgIpc) is 3.29. The second-order valence-corrected chi connectivity index (χ2v) is 10.9. The van der Waals surface area contributed by atoms with E-state index in [0.717, 1.165) is 38.0 Å². The molecule has 1 aromatic heterocycles. The van der Waals surface area contributed by atoms with Crippen molar-refractivity contribution in [2.45, 2.75) is 24.8 Å². The van der Waals surface area contributed by atoms with Crippen LogP contribution < -0.4 is 16.0 Å². The molecule has 2 fully saturated rings. The highest BCUT2D eigenvalue weighted by atomic mass is 32.2. The highest BCUT2D eigenvalue weighted by Gasteiger charge is 2.60. The molecule has 0 radical (unpaired) electrons. The number of esters is 1. The largest absolute Gasteiger partial charge is 0.477 e. The van der Waals surface area contributed by atoms with Crippen molar-refractivity contribution in [3.63, 3.8) is 0 Å². The number of carbonyl (C=O) groups is 4. The minimum atomic E-state index is -4.00. The maximum absolute atomic E-state index is 12.6. The number of rotatable bonds is 6. The number of aliphatic carboxylic acids is 1. The molecule has 0 saturated carbocycles. The molecule has 4 rings (SSSR count). The molecule has 34 heavy (non-hydrogen) atoms. The van der Waals surface area contributed by atoms with Gasteiger partial charge in [-0.1, -0.05) is 6.07 Å². The number of carboxylic acid groups (broad SMARTS) is 1. The average molecular weight is 515 g/mol. The van der Waals surface area contributed by atoms with Gasteiger partial charge in [-0.3, -0.25) is 19.3 Å². The van der Waals surface area contributed by atoms with Gasteiger partial charge in [0, 0.05) is 43.6 Å². The molecule has 0 bridgehead atoms. The Kier molecular flexibility index (Phi) is 8.41. The molecule has 2 saturated heterocycles. The smallest absolute Gasteiger partial charge is 0.352 e. The van der Waals surface area contributed by atoms with Gasteiger partial charge in [0.1, 0.15) is 18.3 Å². The number of ether oxygens (including phenoxy) is 1. The molecule has 4 N–H and O–H groups in total. The first kappa shape index (κ1) is 25.8. The Morgan fingerprint density at radius 2 is 1.88 bits per heavy atom. The van der Waals surface area contributed by atoms with Crippen molar-refractivity contribution >= 4 is 44.9 Å². The van der Waals surface area contributed by atoms with E-state index < -0.39 is 63.1 Å². The van der Waals surface area contributed by atoms with Crippen LogP contribution in [0.15, 0.2) is 28.8 Å². The SMILES string of the molecule is C1CNCCN1.CC(=O)OCC1=C(C(=O)O)N2C(=O)[C@@H](NC(=O)Cc3cccs3)[C@@H]2S(=O)(=O)C1. The predicted octanol–water partition coefficient (Wildman–Crippen LogP) is -1.55. The molecule has 186 valence electrons. The van der Waals surface area contributed by atoms with Gasteiger partial charge in [-0.05, 0) is 11.4 Å². The molecule has 2 atom stereocenters. The molecule has 2 amide bonds. The predicted molar refractivity (Wildman–Crippen MR) is 121 cm³/mol. The van der Waals surface area contributed by atoms with Crippen molar-refractivity contribution in [3.8, 4) is 0 Å². The molecular formula is C20H26N4O8S2. The van der Waals surface area contributed by atoms with Gasteiger partial charge in [-0.25, -0.2) is 13.2 Å².